The Morgan fingerprint density at radius 2 is 1.53 bits per heavy atom. The maximum Gasteiger partial charge on any atom is 0.338 e. The lowest BCUT2D eigenvalue weighted by atomic mass is 10.1. The Hall–Kier alpha value is -4.60. The van der Waals surface area contributed by atoms with Crippen molar-refractivity contribution in [2.75, 3.05) is 37.7 Å². The monoisotopic (exact) mass is 485 g/mol. The van der Waals surface area contributed by atoms with E-state index in [-0.39, 0.29) is 29.1 Å². The summed E-state index contributed by atoms with van der Waals surface area (Å²) >= 11 is 0. The maximum atomic E-state index is 12.9. The lowest BCUT2D eigenvalue weighted by Gasteiger charge is -2.34. The van der Waals surface area contributed by atoms with Gasteiger partial charge in [-0.05, 0) is 29.8 Å². The standard InChI is InChI=1S/C26H23N5O5/c32-22(29-11-13-30(14-12-29)26-27-9-4-10-28-26)17-36-25(35)19-7-8-20-21(15-19)24(34)31(23(20)33)16-18-5-2-1-3-6-18/h1-10,15H,11-14,16-17H2. The molecule has 10 heteroatoms. The highest BCUT2D eigenvalue weighted by atomic mass is 16.5. The molecule has 0 aliphatic carbocycles. The number of anilines is 1. The molecule has 2 aliphatic rings. The van der Waals surface area contributed by atoms with Crippen molar-refractivity contribution < 1.29 is 23.9 Å². The topological polar surface area (TPSA) is 113 Å². The van der Waals surface area contributed by atoms with Gasteiger partial charge in [0, 0.05) is 38.6 Å². The van der Waals surface area contributed by atoms with E-state index in [2.05, 4.69) is 9.97 Å². The predicted molar refractivity (Wildman–Crippen MR) is 128 cm³/mol. The molecular weight excluding hydrogens is 462 g/mol. The van der Waals surface area contributed by atoms with Crippen LogP contribution in [-0.2, 0) is 16.1 Å². The van der Waals surface area contributed by atoms with Gasteiger partial charge in [-0.1, -0.05) is 30.3 Å². The second-order valence-corrected chi connectivity index (χ2v) is 8.44. The summed E-state index contributed by atoms with van der Waals surface area (Å²) in [7, 11) is 0. The molecule has 0 N–H and O–H groups in total. The number of carbonyl (C=O) groups excluding carboxylic acids is 4. The van der Waals surface area contributed by atoms with Gasteiger partial charge in [0.1, 0.15) is 0 Å². The normalized spacial score (nSPS) is 15.2. The zero-order chi connectivity index (χ0) is 25.1. The summed E-state index contributed by atoms with van der Waals surface area (Å²) in [5.41, 5.74) is 1.32. The minimum atomic E-state index is -0.732. The van der Waals surface area contributed by atoms with Crippen molar-refractivity contribution in [1.82, 2.24) is 19.8 Å². The average molecular weight is 486 g/mol. The molecule has 182 valence electrons. The van der Waals surface area contributed by atoms with Gasteiger partial charge in [-0.2, -0.15) is 0 Å². The van der Waals surface area contributed by atoms with Crippen molar-refractivity contribution in [3.63, 3.8) is 0 Å². The molecule has 0 bridgehead atoms. The number of esters is 1. The van der Waals surface area contributed by atoms with Crippen LogP contribution in [0.4, 0.5) is 5.95 Å². The molecule has 1 aromatic heterocycles. The van der Waals surface area contributed by atoms with Crippen LogP contribution in [0, 0.1) is 0 Å². The Morgan fingerprint density at radius 1 is 0.833 bits per heavy atom. The van der Waals surface area contributed by atoms with Crippen LogP contribution in [0.25, 0.3) is 0 Å². The summed E-state index contributed by atoms with van der Waals surface area (Å²) in [6, 6.07) is 15.2. The van der Waals surface area contributed by atoms with E-state index in [0.717, 1.165) is 10.5 Å². The van der Waals surface area contributed by atoms with Crippen LogP contribution in [0.15, 0.2) is 67.0 Å². The van der Waals surface area contributed by atoms with E-state index >= 15 is 0 Å². The highest BCUT2D eigenvalue weighted by Crippen LogP contribution is 2.26. The number of benzene rings is 2. The van der Waals surface area contributed by atoms with Crippen molar-refractivity contribution in [1.29, 1.82) is 0 Å². The molecule has 1 fully saturated rings. The first-order valence-corrected chi connectivity index (χ1v) is 11.5. The Balaban J connectivity index is 1.17. The van der Waals surface area contributed by atoms with E-state index in [4.69, 9.17) is 4.74 Å². The molecule has 10 nitrogen and oxygen atoms in total. The number of aromatic nitrogens is 2. The molecule has 2 aliphatic heterocycles. The molecule has 3 amide bonds. The number of piperazine rings is 1. The van der Waals surface area contributed by atoms with E-state index in [9.17, 15) is 19.2 Å². The number of hydrogen-bond acceptors (Lipinski definition) is 8. The van der Waals surface area contributed by atoms with E-state index in [1.165, 1.54) is 18.2 Å². The van der Waals surface area contributed by atoms with Crippen LogP contribution < -0.4 is 4.90 Å². The Labute approximate surface area is 207 Å². The van der Waals surface area contributed by atoms with Gasteiger partial charge >= 0.3 is 5.97 Å². The highest BCUT2D eigenvalue weighted by molar-refractivity contribution is 6.21. The van der Waals surface area contributed by atoms with Crippen molar-refractivity contribution >= 4 is 29.6 Å². The van der Waals surface area contributed by atoms with Crippen molar-refractivity contribution in [2.24, 2.45) is 0 Å². The summed E-state index contributed by atoms with van der Waals surface area (Å²) in [6.45, 7) is 1.80. The van der Waals surface area contributed by atoms with Gasteiger partial charge < -0.3 is 14.5 Å². The molecule has 5 rings (SSSR count). The van der Waals surface area contributed by atoms with Gasteiger partial charge in [-0.25, -0.2) is 14.8 Å². The van der Waals surface area contributed by atoms with Gasteiger partial charge in [-0.3, -0.25) is 19.3 Å². The largest absolute Gasteiger partial charge is 0.452 e. The molecule has 2 aromatic carbocycles. The molecule has 3 heterocycles. The minimum absolute atomic E-state index is 0.107. The number of carbonyl (C=O) groups is 4. The fourth-order valence-electron chi connectivity index (χ4n) is 4.24. The number of imide groups is 1. The van der Waals surface area contributed by atoms with E-state index in [0.29, 0.717) is 32.1 Å². The molecular formula is C26H23N5O5. The molecule has 36 heavy (non-hydrogen) atoms. The van der Waals surface area contributed by atoms with Gasteiger partial charge in [0.15, 0.2) is 6.61 Å². The number of rotatable bonds is 6. The quantitative estimate of drug-likeness (QED) is 0.384. The summed E-state index contributed by atoms with van der Waals surface area (Å²) in [6.07, 6.45) is 3.34. The summed E-state index contributed by atoms with van der Waals surface area (Å²) < 4.78 is 5.22. The van der Waals surface area contributed by atoms with E-state index in [1.807, 2.05) is 35.2 Å². The Morgan fingerprint density at radius 3 is 2.25 bits per heavy atom. The molecule has 1 saturated heterocycles. The number of fused-ring (bicyclic) bond motifs is 1. The number of hydrogen-bond donors (Lipinski definition) is 0. The molecule has 0 radical (unpaired) electrons. The first-order valence-electron chi connectivity index (χ1n) is 11.5. The van der Waals surface area contributed by atoms with Crippen LogP contribution in [0.5, 0.6) is 0 Å². The first kappa shape index (κ1) is 23.2. The third kappa shape index (κ3) is 4.65. The predicted octanol–water partition coefficient (Wildman–Crippen LogP) is 1.78. The maximum absolute atomic E-state index is 12.9. The molecule has 0 unspecified atom stereocenters. The van der Waals surface area contributed by atoms with Gasteiger partial charge in [-0.15, -0.1) is 0 Å². The number of nitrogens with zero attached hydrogens (tertiary/aromatic N) is 5. The molecule has 0 atom stereocenters. The van der Waals surface area contributed by atoms with Crippen LogP contribution in [-0.4, -0.2) is 76.2 Å². The number of ether oxygens (including phenoxy) is 1. The zero-order valence-electron chi connectivity index (χ0n) is 19.4. The van der Waals surface area contributed by atoms with Gasteiger partial charge in [0.25, 0.3) is 17.7 Å². The zero-order valence-corrected chi connectivity index (χ0v) is 19.4. The lowest BCUT2D eigenvalue weighted by molar-refractivity contribution is -0.134. The smallest absolute Gasteiger partial charge is 0.338 e. The SMILES string of the molecule is O=C(OCC(=O)N1CCN(c2ncccn2)CC1)c1ccc2c(c1)C(=O)N(Cc1ccccc1)C2=O. The van der Waals surface area contributed by atoms with Crippen LogP contribution >= 0.6 is 0 Å². The van der Waals surface area contributed by atoms with Crippen molar-refractivity contribution in [2.45, 2.75) is 6.54 Å². The van der Waals surface area contributed by atoms with Crippen LogP contribution in [0.1, 0.15) is 36.6 Å². The van der Waals surface area contributed by atoms with Gasteiger partial charge in [0.2, 0.25) is 5.95 Å². The first-order chi connectivity index (χ1) is 17.5. The summed E-state index contributed by atoms with van der Waals surface area (Å²) in [5.74, 6) is -1.30. The number of amides is 3. The Kier molecular flexibility index (Phi) is 6.40. The van der Waals surface area contributed by atoms with Crippen molar-refractivity contribution in [3.8, 4) is 0 Å². The lowest BCUT2D eigenvalue weighted by Crippen LogP contribution is -2.50. The minimum Gasteiger partial charge on any atom is -0.452 e. The second-order valence-electron chi connectivity index (χ2n) is 8.44. The van der Waals surface area contributed by atoms with Crippen LogP contribution in [0.3, 0.4) is 0 Å². The van der Waals surface area contributed by atoms with E-state index < -0.39 is 24.4 Å². The van der Waals surface area contributed by atoms with Gasteiger partial charge in [0.05, 0.1) is 23.2 Å². The Bertz CT molecular complexity index is 1310. The van der Waals surface area contributed by atoms with Crippen LogP contribution in [0.2, 0.25) is 0 Å². The molecule has 0 spiro atoms. The highest BCUT2D eigenvalue weighted by Gasteiger charge is 2.36. The fourth-order valence-corrected chi connectivity index (χ4v) is 4.24. The fraction of sp³-hybridized carbons (Fsp3) is 0.231. The summed E-state index contributed by atoms with van der Waals surface area (Å²) in [4.78, 5) is 64.0. The molecule has 3 aromatic rings. The molecule has 0 saturated carbocycles. The third-order valence-corrected chi connectivity index (χ3v) is 6.18. The summed E-state index contributed by atoms with van der Waals surface area (Å²) in [5, 5.41) is 0. The van der Waals surface area contributed by atoms with E-state index in [1.54, 1.807) is 23.4 Å². The van der Waals surface area contributed by atoms with Crippen molar-refractivity contribution in [3.05, 3.63) is 89.2 Å². The third-order valence-electron chi connectivity index (χ3n) is 6.18. The second kappa shape index (κ2) is 9.95. The average Bonchev–Trinajstić information content (AvgIpc) is 3.17.